The van der Waals surface area contributed by atoms with Crippen molar-refractivity contribution >= 4 is 28.7 Å². The van der Waals surface area contributed by atoms with E-state index in [9.17, 15) is 4.79 Å². The maximum absolute atomic E-state index is 12.8. The summed E-state index contributed by atoms with van der Waals surface area (Å²) in [6, 6.07) is 22.6. The maximum atomic E-state index is 12.8. The SMILES string of the molecule is CN(C)CCCN(C)c1nc2cc(NC(=O)c3cccc(Oc4ccccc4)c3)ccc2o1. The van der Waals surface area contributed by atoms with Crippen molar-refractivity contribution < 1.29 is 13.9 Å². The van der Waals surface area contributed by atoms with Crippen LogP contribution >= 0.6 is 0 Å². The van der Waals surface area contributed by atoms with Crippen LogP contribution in [0.5, 0.6) is 11.5 Å². The van der Waals surface area contributed by atoms with Crippen LogP contribution in [0.25, 0.3) is 11.1 Å². The van der Waals surface area contributed by atoms with Crippen LogP contribution in [0, 0.1) is 0 Å². The Morgan fingerprint density at radius 2 is 1.73 bits per heavy atom. The summed E-state index contributed by atoms with van der Waals surface area (Å²) >= 11 is 0. The molecule has 0 aliphatic carbocycles. The molecule has 0 bridgehead atoms. The summed E-state index contributed by atoms with van der Waals surface area (Å²) in [5.41, 5.74) is 2.53. The molecule has 7 heteroatoms. The highest BCUT2D eigenvalue weighted by Gasteiger charge is 2.13. The number of fused-ring (bicyclic) bond motifs is 1. The highest BCUT2D eigenvalue weighted by atomic mass is 16.5. The van der Waals surface area contributed by atoms with Crippen LogP contribution in [0.4, 0.5) is 11.7 Å². The fourth-order valence-corrected chi connectivity index (χ4v) is 3.40. The summed E-state index contributed by atoms with van der Waals surface area (Å²) in [7, 11) is 6.08. The number of nitrogens with one attached hydrogen (secondary N) is 1. The number of benzene rings is 3. The van der Waals surface area contributed by atoms with Gasteiger partial charge in [-0.05, 0) is 75.6 Å². The lowest BCUT2D eigenvalue weighted by molar-refractivity contribution is 0.102. The number of amides is 1. The van der Waals surface area contributed by atoms with Crippen LogP contribution < -0.4 is 15.0 Å². The molecule has 0 fully saturated rings. The average molecular weight is 445 g/mol. The van der Waals surface area contributed by atoms with E-state index in [0.29, 0.717) is 39.9 Å². The molecule has 0 unspecified atom stereocenters. The van der Waals surface area contributed by atoms with Crippen molar-refractivity contribution in [3.05, 3.63) is 78.4 Å². The zero-order valence-corrected chi connectivity index (χ0v) is 19.1. The molecule has 1 amide bonds. The fraction of sp³-hybridized carbons (Fsp3) is 0.231. The van der Waals surface area contributed by atoms with E-state index in [4.69, 9.17) is 9.15 Å². The van der Waals surface area contributed by atoms with E-state index in [0.717, 1.165) is 19.5 Å². The molecule has 1 aromatic heterocycles. The molecule has 1 heterocycles. The van der Waals surface area contributed by atoms with Gasteiger partial charge in [-0.3, -0.25) is 4.79 Å². The first-order chi connectivity index (χ1) is 16.0. The van der Waals surface area contributed by atoms with Crippen LogP contribution in [-0.4, -0.2) is 50.0 Å². The molecule has 4 rings (SSSR count). The highest BCUT2D eigenvalue weighted by Crippen LogP contribution is 2.26. The standard InChI is InChI=1S/C26H28N4O3/c1-29(2)15-8-16-30(3)26-28-23-18-20(13-14-24(23)33-26)27-25(31)19-9-7-12-22(17-19)32-21-10-5-4-6-11-21/h4-7,9-14,17-18H,8,15-16H2,1-3H3,(H,27,31). The minimum atomic E-state index is -0.225. The molecule has 3 aromatic carbocycles. The highest BCUT2D eigenvalue weighted by molar-refractivity contribution is 6.05. The number of carbonyl (C=O) groups excluding carboxylic acids is 1. The zero-order chi connectivity index (χ0) is 23.2. The molecule has 0 atom stereocenters. The third-order valence-electron chi connectivity index (χ3n) is 5.13. The van der Waals surface area contributed by atoms with E-state index in [2.05, 4.69) is 29.3 Å². The van der Waals surface area contributed by atoms with Crippen LogP contribution in [-0.2, 0) is 0 Å². The van der Waals surface area contributed by atoms with Crippen LogP contribution in [0.15, 0.2) is 77.2 Å². The summed E-state index contributed by atoms with van der Waals surface area (Å²) in [5, 5.41) is 2.93. The van der Waals surface area contributed by atoms with Gasteiger partial charge in [0.1, 0.15) is 17.0 Å². The first-order valence-electron chi connectivity index (χ1n) is 10.9. The molecule has 4 aromatic rings. The summed E-state index contributed by atoms with van der Waals surface area (Å²) in [6.07, 6.45) is 1.01. The topological polar surface area (TPSA) is 70.8 Å². The van der Waals surface area contributed by atoms with Crippen LogP contribution in [0.2, 0.25) is 0 Å². The van der Waals surface area contributed by atoms with E-state index < -0.39 is 0 Å². The van der Waals surface area contributed by atoms with Gasteiger partial charge in [-0.15, -0.1) is 0 Å². The van der Waals surface area contributed by atoms with E-state index in [-0.39, 0.29) is 5.91 Å². The Balaban J connectivity index is 1.43. The van der Waals surface area contributed by atoms with E-state index in [1.807, 2.05) is 66.5 Å². The number of nitrogens with zero attached hydrogens (tertiary/aromatic N) is 3. The van der Waals surface area contributed by atoms with E-state index in [1.54, 1.807) is 18.2 Å². The number of ether oxygens (including phenoxy) is 1. The molecule has 0 radical (unpaired) electrons. The number of rotatable bonds is 9. The quantitative estimate of drug-likeness (QED) is 0.380. The third kappa shape index (κ3) is 5.90. The Hall–Kier alpha value is -3.84. The van der Waals surface area contributed by atoms with Crippen molar-refractivity contribution in [2.24, 2.45) is 0 Å². The molecule has 0 aliphatic heterocycles. The van der Waals surface area contributed by atoms with Crippen molar-refractivity contribution in [2.75, 3.05) is 44.4 Å². The lowest BCUT2D eigenvalue weighted by Gasteiger charge is -2.15. The van der Waals surface area contributed by atoms with Gasteiger partial charge in [-0.1, -0.05) is 24.3 Å². The summed E-state index contributed by atoms with van der Waals surface area (Å²) in [5.74, 6) is 1.09. The third-order valence-corrected chi connectivity index (χ3v) is 5.13. The van der Waals surface area contributed by atoms with Gasteiger partial charge in [0, 0.05) is 24.8 Å². The zero-order valence-electron chi connectivity index (χ0n) is 19.1. The fourth-order valence-electron chi connectivity index (χ4n) is 3.40. The van der Waals surface area contributed by atoms with Crippen LogP contribution in [0.1, 0.15) is 16.8 Å². The predicted octanol–water partition coefficient (Wildman–Crippen LogP) is 5.26. The van der Waals surface area contributed by atoms with Crippen LogP contribution in [0.3, 0.4) is 0 Å². The van der Waals surface area contributed by atoms with Crippen molar-refractivity contribution in [2.45, 2.75) is 6.42 Å². The smallest absolute Gasteiger partial charge is 0.298 e. The van der Waals surface area contributed by atoms with Crippen molar-refractivity contribution in [3.63, 3.8) is 0 Å². The lowest BCUT2D eigenvalue weighted by atomic mass is 10.2. The van der Waals surface area contributed by atoms with Gasteiger partial charge in [0.05, 0.1) is 0 Å². The van der Waals surface area contributed by atoms with E-state index in [1.165, 1.54) is 0 Å². The number of hydrogen-bond acceptors (Lipinski definition) is 6. The van der Waals surface area contributed by atoms with Gasteiger partial charge in [0.2, 0.25) is 0 Å². The molecule has 33 heavy (non-hydrogen) atoms. The number of para-hydroxylation sites is 1. The Kier molecular flexibility index (Phi) is 6.90. The van der Waals surface area contributed by atoms with Gasteiger partial charge < -0.3 is 24.3 Å². The van der Waals surface area contributed by atoms with Gasteiger partial charge in [-0.25, -0.2) is 0 Å². The van der Waals surface area contributed by atoms with Crippen molar-refractivity contribution in [1.29, 1.82) is 0 Å². The average Bonchev–Trinajstić information content (AvgIpc) is 3.23. The molecule has 0 aliphatic rings. The second-order valence-corrected chi connectivity index (χ2v) is 8.15. The Morgan fingerprint density at radius 3 is 2.52 bits per heavy atom. The number of carbonyl (C=O) groups is 1. The van der Waals surface area contributed by atoms with Gasteiger partial charge in [-0.2, -0.15) is 4.98 Å². The maximum Gasteiger partial charge on any atom is 0.298 e. The minimum absolute atomic E-state index is 0.225. The molecule has 0 saturated carbocycles. The van der Waals surface area contributed by atoms with Gasteiger partial charge >= 0.3 is 0 Å². The second kappa shape index (κ2) is 10.2. The summed E-state index contributed by atoms with van der Waals surface area (Å²) in [4.78, 5) is 21.6. The largest absolute Gasteiger partial charge is 0.457 e. The Morgan fingerprint density at radius 1 is 0.939 bits per heavy atom. The summed E-state index contributed by atoms with van der Waals surface area (Å²) in [6.45, 7) is 1.84. The lowest BCUT2D eigenvalue weighted by Crippen LogP contribution is -2.23. The molecule has 7 nitrogen and oxygen atoms in total. The normalized spacial score (nSPS) is 11.0. The molecule has 0 saturated heterocycles. The monoisotopic (exact) mass is 444 g/mol. The first-order valence-corrected chi connectivity index (χ1v) is 10.9. The first kappa shape index (κ1) is 22.4. The number of oxazole rings is 1. The molecular weight excluding hydrogens is 416 g/mol. The molecule has 1 N–H and O–H groups in total. The van der Waals surface area contributed by atoms with Crippen molar-refractivity contribution in [3.8, 4) is 11.5 Å². The predicted molar refractivity (Wildman–Crippen MR) is 131 cm³/mol. The summed E-state index contributed by atoms with van der Waals surface area (Å²) < 4.78 is 11.7. The van der Waals surface area contributed by atoms with Gasteiger partial charge in [0.15, 0.2) is 5.58 Å². The number of anilines is 2. The van der Waals surface area contributed by atoms with Gasteiger partial charge in [0.25, 0.3) is 11.9 Å². The number of hydrogen-bond donors (Lipinski definition) is 1. The second-order valence-electron chi connectivity index (χ2n) is 8.15. The van der Waals surface area contributed by atoms with E-state index >= 15 is 0 Å². The Bertz CT molecular complexity index is 1220. The molecule has 170 valence electrons. The Labute approximate surface area is 193 Å². The molecule has 0 spiro atoms. The van der Waals surface area contributed by atoms with Crippen molar-refractivity contribution in [1.82, 2.24) is 9.88 Å². The number of aromatic nitrogens is 1. The minimum Gasteiger partial charge on any atom is -0.457 e. The molecular formula is C26H28N4O3.